The van der Waals surface area contributed by atoms with Crippen molar-refractivity contribution in [3.05, 3.63) is 107 Å². The van der Waals surface area contributed by atoms with Gasteiger partial charge in [-0.25, -0.2) is 0 Å². The topological polar surface area (TPSA) is 114 Å². The maximum Gasteiger partial charge on any atom is 0.224 e. The standard InChI is InChI=1S/C37H41NO6/c1-24(2)32(36(43)33(40)19-18-28-14-11-17-30(20-28)26(4)39)23-34(41)25(3)38-37(44)31(21-27-12-7-5-8-13-27)22-35(42)29-15-9-6-10-16-29/h5-17,20,24-25,31-32H,18-19,21-23H2,1-4H3,(H,38,44)/t25-,31+,32-/m0/s1. The van der Waals surface area contributed by atoms with Crippen LogP contribution in [0.1, 0.15) is 78.8 Å². The Morgan fingerprint density at radius 2 is 1.30 bits per heavy atom. The molecule has 0 saturated heterocycles. The summed E-state index contributed by atoms with van der Waals surface area (Å²) >= 11 is 0. The number of Topliss-reactive ketones (excluding diaryl/α,β-unsaturated/α-hetero) is 5. The van der Waals surface area contributed by atoms with Gasteiger partial charge in [0.15, 0.2) is 23.1 Å². The number of ketones is 5. The fraction of sp³-hybridized carbons (Fsp3) is 0.351. The van der Waals surface area contributed by atoms with Gasteiger partial charge in [0.25, 0.3) is 0 Å². The van der Waals surface area contributed by atoms with Crippen molar-refractivity contribution in [2.24, 2.45) is 17.8 Å². The summed E-state index contributed by atoms with van der Waals surface area (Å²) in [5, 5.41) is 2.77. The van der Waals surface area contributed by atoms with Crippen LogP contribution in [0.5, 0.6) is 0 Å². The van der Waals surface area contributed by atoms with Crippen LogP contribution < -0.4 is 5.32 Å². The number of nitrogens with one attached hydrogen (secondary N) is 1. The molecule has 0 aliphatic heterocycles. The molecular formula is C37H41NO6. The highest BCUT2D eigenvalue weighted by molar-refractivity contribution is 6.38. The molecule has 0 aromatic heterocycles. The molecule has 7 heteroatoms. The molecule has 0 aliphatic rings. The van der Waals surface area contributed by atoms with Crippen molar-refractivity contribution in [3.63, 3.8) is 0 Å². The normalized spacial score (nSPS) is 13.0. The van der Waals surface area contributed by atoms with Gasteiger partial charge in [0.1, 0.15) is 0 Å². The van der Waals surface area contributed by atoms with Gasteiger partial charge in [-0.05, 0) is 49.8 Å². The maximum atomic E-state index is 13.4. The third kappa shape index (κ3) is 10.0. The second-order valence-corrected chi connectivity index (χ2v) is 11.7. The average molecular weight is 596 g/mol. The number of carbonyl (C=O) groups is 6. The molecule has 3 rings (SSSR count). The highest BCUT2D eigenvalue weighted by Gasteiger charge is 2.32. The molecule has 0 aliphatic carbocycles. The van der Waals surface area contributed by atoms with Gasteiger partial charge in [0, 0.05) is 42.2 Å². The summed E-state index contributed by atoms with van der Waals surface area (Å²) in [6.07, 6.45) is 0.392. The lowest BCUT2D eigenvalue weighted by Gasteiger charge is -2.23. The van der Waals surface area contributed by atoms with Gasteiger partial charge < -0.3 is 5.32 Å². The molecule has 230 valence electrons. The van der Waals surface area contributed by atoms with Crippen molar-refractivity contribution < 1.29 is 28.8 Å². The van der Waals surface area contributed by atoms with Crippen molar-refractivity contribution >= 4 is 34.8 Å². The number of aryl methyl sites for hydroxylation is 1. The molecule has 0 fully saturated rings. The molecule has 0 radical (unpaired) electrons. The minimum Gasteiger partial charge on any atom is -0.346 e. The van der Waals surface area contributed by atoms with E-state index in [0.29, 0.717) is 24.0 Å². The molecule has 44 heavy (non-hydrogen) atoms. The molecule has 0 bridgehead atoms. The molecule has 3 atom stereocenters. The van der Waals surface area contributed by atoms with E-state index in [1.165, 1.54) is 6.92 Å². The maximum absolute atomic E-state index is 13.4. The fourth-order valence-corrected chi connectivity index (χ4v) is 5.09. The Kier molecular flexibility index (Phi) is 12.6. The second-order valence-electron chi connectivity index (χ2n) is 11.7. The highest BCUT2D eigenvalue weighted by Crippen LogP contribution is 2.21. The van der Waals surface area contributed by atoms with Gasteiger partial charge in [-0.1, -0.05) is 92.7 Å². The first-order valence-corrected chi connectivity index (χ1v) is 15.1. The van der Waals surface area contributed by atoms with Crippen molar-refractivity contribution in [1.82, 2.24) is 5.32 Å². The van der Waals surface area contributed by atoms with Crippen LogP contribution in [0, 0.1) is 17.8 Å². The Balaban J connectivity index is 1.64. The summed E-state index contributed by atoms with van der Waals surface area (Å²) in [6, 6.07) is 24.2. The number of rotatable bonds is 17. The van der Waals surface area contributed by atoms with E-state index < -0.39 is 35.4 Å². The largest absolute Gasteiger partial charge is 0.346 e. The van der Waals surface area contributed by atoms with E-state index in [2.05, 4.69) is 5.32 Å². The summed E-state index contributed by atoms with van der Waals surface area (Å²) in [6.45, 7) is 6.60. The second kappa shape index (κ2) is 16.4. The van der Waals surface area contributed by atoms with Gasteiger partial charge in [-0.3, -0.25) is 28.8 Å². The molecule has 0 unspecified atom stereocenters. The number of hydrogen-bond acceptors (Lipinski definition) is 6. The monoisotopic (exact) mass is 595 g/mol. The number of benzene rings is 3. The van der Waals surface area contributed by atoms with Crippen LogP contribution >= 0.6 is 0 Å². The van der Waals surface area contributed by atoms with Gasteiger partial charge in [-0.15, -0.1) is 0 Å². The smallest absolute Gasteiger partial charge is 0.224 e. The van der Waals surface area contributed by atoms with Gasteiger partial charge >= 0.3 is 0 Å². The molecular weight excluding hydrogens is 554 g/mol. The van der Waals surface area contributed by atoms with Crippen LogP contribution in [0.3, 0.4) is 0 Å². The van der Waals surface area contributed by atoms with Crippen molar-refractivity contribution in [2.75, 3.05) is 0 Å². The van der Waals surface area contributed by atoms with Crippen LogP contribution in [0.15, 0.2) is 84.9 Å². The first kappa shape index (κ1) is 34.0. The quantitative estimate of drug-likeness (QED) is 0.155. The third-order valence-electron chi connectivity index (χ3n) is 7.88. The molecule has 0 spiro atoms. The van der Waals surface area contributed by atoms with Crippen LogP contribution in [-0.4, -0.2) is 40.9 Å². The fourth-order valence-electron chi connectivity index (χ4n) is 5.09. The minimum atomic E-state index is -0.911. The van der Waals surface area contributed by atoms with E-state index in [1.54, 1.807) is 69.3 Å². The molecule has 1 amide bonds. The minimum absolute atomic E-state index is 0.0252. The molecule has 3 aromatic carbocycles. The Bertz CT molecular complexity index is 1480. The first-order chi connectivity index (χ1) is 21.0. The molecule has 1 N–H and O–H groups in total. The van der Waals surface area contributed by atoms with Gasteiger partial charge in [0.2, 0.25) is 11.7 Å². The average Bonchev–Trinajstić information content (AvgIpc) is 3.02. The van der Waals surface area contributed by atoms with E-state index in [1.807, 2.05) is 36.4 Å². The van der Waals surface area contributed by atoms with Crippen LogP contribution in [-0.2, 0) is 32.0 Å². The lowest BCUT2D eigenvalue weighted by molar-refractivity contribution is -0.141. The van der Waals surface area contributed by atoms with Crippen molar-refractivity contribution in [2.45, 2.75) is 65.8 Å². The lowest BCUT2D eigenvalue weighted by Crippen LogP contribution is -2.44. The Labute approximate surface area is 259 Å². The molecule has 0 saturated carbocycles. The summed E-state index contributed by atoms with van der Waals surface area (Å²) in [7, 11) is 0. The number of carbonyl (C=O) groups excluding carboxylic acids is 6. The summed E-state index contributed by atoms with van der Waals surface area (Å²) < 4.78 is 0. The van der Waals surface area contributed by atoms with E-state index in [0.717, 1.165) is 11.1 Å². The predicted octanol–water partition coefficient (Wildman–Crippen LogP) is 5.83. The Morgan fingerprint density at radius 1 is 0.705 bits per heavy atom. The predicted molar refractivity (Wildman–Crippen MR) is 169 cm³/mol. The van der Waals surface area contributed by atoms with E-state index >= 15 is 0 Å². The van der Waals surface area contributed by atoms with Gasteiger partial charge in [-0.2, -0.15) is 0 Å². The third-order valence-corrected chi connectivity index (χ3v) is 7.88. The summed E-state index contributed by atoms with van der Waals surface area (Å²) in [5.41, 5.74) is 2.73. The van der Waals surface area contributed by atoms with Crippen LogP contribution in [0.2, 0.25) is 0 Å². The molecule has 7 nitrogen and oxygen atoms in total. The number of amides is 1. The van der Waals surface area contributed by atoms with E-state index in [9.17, 15) is 28.8 Å². The zero-order valence-electron chi connectivity index (χ0n) is 25.9. The van der Waals surface area contributed by atoms with E-state index in [-0.39, 0.29) is 42.5 Å². The zero-order valence-corrected chi connectivity index (χ0v) is 25.9. The van der Waals surface area contributed by atoms with Gasteiger partial charge in [0.05, 0.1) is 6.04 Å². The SMILES string of the molecule is CC(=O)c1cccc(CCC(=O)C(=O)[C@@H](CC(=O)[C@H](C)NC(=O)[C@@H](CC(=O)c2ccccc2)Cc2ccccc2)C(C)C)c1. The van der Waals surface area contributed by atoms with Crippen molar-refractivity contribution in [1.29, 1.82) is 0 Å². The molecule has 0 heterocycles. The lowest BCUT2D eigenvalue weighted by atomic mass is 9.83. The van der Waals surface area contributed by atoms with Crippen LogP contribution in [0.25, 0.3) is 0 Å². The van der Waals surface area contributed by atoms with E-state index in [4.69, 9.17) is 0 Å². The first-order valence-electron chi connectivity index (χ1n) is 15.1. The zero-order chi connectivity index (χ0) is 32.2. The Hall–Kier alpha value is -4.52. The molecule has 3 aromatic rings. The summed E-state index contributed by atoms with van der Waals surface area (Å²) in [4.78, 5) is 77.3. The summed E-state index contributed by atoms with van der Waals surface area (Å²) in [5.74, 6) is -4.00. The van der Waals surface area contributed by atoms with Crippen LogP contribution in [0.4, 0.5) is 0 Å². The van der Waals surface area contributed by atoms with Crippen molar-refractivity contribution in [3.8, 4) is 0 Å². The highest BCUT2D eigenvalue weighted by atomic mass is 16.2. The number of hydrogen-bond donors (Lipinski definition) is 1. The Morgan fingerprint density at radius 3 is 1.91 bits per heavy atom.